The van der Waals surface area contributed by atoms with Crippen LogP contribution in [0.3, 0.4) is 0 Å². The third-order valence-corrected chi connectivity index (χ3v) is 4.23. The molecule has 2 atom stereocenters. The molecule has 1 fully saturated rings. The van der Waals surface area contributed by atoms with E-state index in [0.717, 1.165) is 12.0 Å². The van der Waals surface area contributed by atoms with Crippen LogP contribution in [0.25, 0.3) is 0 Å². The molecule has 0 aromatic heterocycles. The van der Waals surface area contributed by atoms with Gasteiger partial charge in [0.2, 0.25) is 5.91 Å². The van der Waals surface area contributed by atoms with E-state index in [1.807, 2.05) is 11.9 Å². The Morgan fingerprint density at radius 3 is 2.53 bits per heavy atom. The Bertz CT molecular complexity index is 429. The Labute approximate surface area is 114 Å². The molecular weight excluding hydrogens is 241 g/mol. The number of carbonyl (C=O) groups is 1. The number of rotatable bonds is 3. The van der Waals surface area contributed by atoms with Crippen molar-refractivity contribution in [1.82, 2.24) is 4.90 Å². The first-order valence-corrected chi connectivity index (χ1v) is 7.08. The summed E-state index contributed by atoms with van der Waals surface area (Å²) in [5.74, 6) is 0.451. The number of halogens is 1. The van der Waals surface area contributed by atoms with Gasteiger partial charge in [-0.3, -0.25) is 4.79 Å². The number of benzene rings is 1. The molecule has 2 nitrogen and oxygen atoms in total. The molecular formula is C16H22FNO. The van der Waals surface area contributed by atoms with E-state index in [9.17, 15) is 9.18 Å². The van der Waals surface area contributed by atoms with Gasteiger partial charge in [-0.2, -0.15) is 0 Å². The lowest BCUT2D eigenvalue weighted by molar-refractivity contribution is -0.132. The van der Waals surface area contributed by atoms with Crippen molar-refractivity contribution in [2.24, 2.45) is 5.92 Å². The van der Waals surface area contributed by atoms with Crippen LogP contribution in [0.2, 0.25) is 0 Å². The number of carbonyl (C=O) groups excluding carboxylic acids is 1. The molecule has 1 aliphatic carbocycles. The monoisotopic (exact) mass is 263 g/mol. The van der Waals surface area contributed by atoms with Crippen LogP contribution in [-0.2, 0) is 11.2 Å². The first-order valence-electron chi connectivity index (χ1n) is 7.08. The van der Waals surface area contributed by atoms with Gasteiger partial charge in [-0.05, 0) is 36.5 Å². The molecule has 1 aromatic carbocycles. The van der Waals surface area contributed by atoms with Gasteiger partial charge in [0.15, 0.2) is 0 Å². The second-order valence-corrected chi connectivity index (χ2v) is 5.64. The van der Waals surface area contributed by atoms with Crippen LogP contribution in [0, 0.1) is 11.7 Å². The van der Waals surface area contributed by atoms with E-state index in [1.165, 1.54) is 31.4 Å². The van der Waals surface area contributed by atoms with Crippen molar-refractivity contribution in [3.05, 3.63) is 35.6 Å². The molecule has 0 heterocycles. The maximum absolute atomic E-state index is 12.8. The van der Waals surface area contributed by atoms with Crippen LogP contribution in [0.5, 0.6) is 0 Å². The van der Waals surface area contributed by atoms with Crippen molar-refractivity contribution in [3.8, 4) is 0 Å². The van der Waals surface area contributed by atoms with E-state index >= 15 is 0 Å². The van der Waals surface area contributed by atoms with Crippen LogP contribution < -0.4 is 0 Å². The molecule has 1 saturated carbocycles. The minimum Gasteiger partial charge on any atom is -0.342 e. The zero-order chi connectivity index (χ0) is 13.8. The van der Waals surface area contributed by atoms with Crippen molar-refractivity contribution in [2.45, 2.75) is 45.1 Å². The van der Waals surface area contributed by atoms with Crippen LogP contribution in [-0.4, -0.2) is 23.9 Å². The fourth-order valence-corrected chi connectivity index (χ4v) is 2.96. The van der Waals surface area contributed by atoms with Crippen molar-refractivity contribution < 1.29 is 9.18 Å². The van der Waals surface area contributed by atoms with Gasteiger partial charge in [0, 0.05) is 13.1 Å². The minimum atomic E-state index is -0.259. The Balaban J connectivity index is 1.96. The number of nitrogens with zero attached hydrogens (tertiary/aromatic N) is 1. The molecule has 0 radical (unpaired) electrons. The minimum absolute atomic E-state index is 0.130. The lowest BCUT2D eigenvalue weighted by Crippen LogP contribution is -2.43. The Hall–Kier alpha value is -1.38. The number of hydrogen-bond acceptors (Lipinski definition) is 1. The van der Waals surface area contributed by atoms with Gasteiger partial charge in [-0.25, -0.2) is 4.39 Å². The van der Waals surface area contributed by atoms with Crippen molar-refractivity contribution in [3.63, 3.8) is 0 Å². The molecule has 3 heteroatoms. The molecule has 104 valence electrons. The third kappa shape index (κ3) is 3.55. The number of likely N-dealkylation sites (N-methyl/N-ethyl adjacent to an activating group) is 1. The number of hydrogen-bond donors (Lipinski definition) is 0. The molecule has 0 bridgehead atoms. The summed E-state index contributed by atoms with van der Waals surface area (Å²) in [5, 5.41) is 0. The summed E-state index contributed by atoms with van der Waals surface area (Å²) in [6.07, 6.45) is 5.16. The highest BCUT2D eigenvalue weighted by atomic mass is 19.1. The average Bonchev–Trinajstić information content (AvgIpc) is 2.41. The highest BCUT2D eigenvalue weighted by Gasteiger charge is 2.27. The van der Waals surface area contributed by atoms with Gasteiger partial charge in [-0.1, -0.05) is 31.9 Å². The van der Waals surface area contributed by atoms with E-state index in [4.69, 9.17) is 0 Å². The summed E-state index contributed by atoms with van der Waals surface area (Å²) in [6, 6.07) is 6.55. The molecule has 1 aliphatic rings. The molecule has 0 spiro atoms. The quantitative estimate of drug-likeness (QED) is 0.818. The van der Waals surface area contributed by atoms with E-state index in [1.54, 1.807) is 12.1 Å². The average molecular weight is 263 g/mol. The molecule has 0 saturated heterocycles. The second kappa shape index (κ2) is 6.18. The highest BCUT2D eigenvalue weighted by molar-refractivity contribution is 5.78. The smallest absolute Gasteiger partial charge is 0.226 e. The van der Waals surface area contributed by atoms with E-state index in [0.29, 0.717) is 18.4 Å². The summed E-state index contributed by atoms with van der Waals surface area (Å²) in [5.41, 5.74) is 0.877. The largest absolute Gasteiger partial charge is 0.342 e. The SMILES string of the molecule is CC1CCCCC1N(C)C(=O)Cc1ccc(F)cc1. The van der Waals surface area contributed by atoms with Gasteiger partial charge >= 0.3 is 0 Å². The first-order chi connectivity index (χ1) is 9.08. The fraction of sp³-hybridized carbons (Fsp3) is 0.562. The zero-order valence-corrected chi connectivity index (χ0v) is 11.7. The first kappa shape index (κ1) is 14.0. The summed E-state index contributed by atoms with van der Waals surface area (Å²) in [7, 11) is 1.90. The predicted molar refractivity (Wildman–Crippen MR) is 74.3 cm³/mol. The van der Waals surface area contributed by atoms with Crippen LogP contribution in [0.1, 0.15) is 38.2 Å². The van der Waals surface area contributed by atoms with E-state index in [2.05, 4.69) is 6.92 Å². The van der Waals surface area contributed by atoms with Gasteiger partial charge in [0.1, 0.15) is 5.82 Å². The summed E-state index contributed by atoms with van der Waals surface area (Å²) in [4.78, 5) is 14.2. The van der Waals surface area contributed by atoms with Gasteiger partial charge in [0.05, 0.1) is 6.42 Å². The molecule has 0 aliphatic heterocycles. The van der Waals surface area contributed by atoms with Gasteiger partial charge in [0.25, 0.3) is 0 Å². The zero-order valence-electron chi connectivity index (χ0n) is 11.7. The molecule has 2 unspecified atom stereocenters. The Kier molecular flexibility index (Phi) is 4.56. The standard InChI is InChI=1S/C16H22FNO/c1-12-5-3-4-6-15(12)18(2)16(19)11-13-7-9-14(17)10-8-13/h7-10,12,15H,3-6,11H2,1-2H3. The maximum Gasteiger partial charge on any atom is 0.226 e. The molecule has 1 amide bonds. The topological polar surface area (TPSA) is 20.3 Å². The fourth-order valence-electron chi connectivity index (χ4n) is 2.96. The third-order valence-electron chi connectivity index (χ3n) is 4.23. The van der Waals surface area contributed by atoms with Gasteiger partial charge in [-0.15, -0.1) is 0 Å². The van der Waals surface area contributed by atoms with Crippen molar-refractivity contribution >= 4 is 5.91 Å². The lowest BCUT2D eigenvalue weighted by atomic mass is 9.85. The Morgan fingerprint density at radius 2 is 1.89 bits per heavy atom. The maximum atomic E-state index is 12.8. The normalized spacial score (nSPS) is 23.1. The predicted octanol–water partition coefficient (Wildman–Crippen LogP) is 3.41. The molecule has 2 rings (SSSR count). The molecule has 1 aromatic rings. The second-order valence-electron chi connectivity index (χ2n) is 5.64. The van der Waals surface area contributed by atoms with Gasteiger partial charge < -0.3 is 4.90 Å². The van der Waals surface area contributed by atoms with Crippen LogP contribution in [0.4, 0.5) is 4.39 Å². The number of amides is 1. The highest BCUT2D eigenvalue weighted by Crippen LogP contribution is 2.27. The summed E-state index contributed by atoms with van der Waals surface area (Å²) < 4.78 is 12.8. The lowest BCUT2D eigenvalue weighted by Gasteiger charge is -2.36. The van der Waals surface area contributed by atoms with E-state index < -0.39 is 0 Å². The van der Waals surface area contributed by atoms with Crippen molar-refractivity contribution in [1.29, 1.82) is 0 Å². The van der Waals surface area contributed by atoms with Crippen molar-refractivity contribution in [2.75, 3.05) is 7.05 Å². The Morgan fingerprint density at radius 1 is 1.26 bits per heavy atom. The van der Waals surface area contributed by atoms with Crippen LogP contribution in [0.15, 0.2) is 24.3 Å². The molecule has 0 N–H and O–H groups in total. The summed E-state index contributed by atoms with van der Waals surface area (Å²) >= 11 is 0. The van der Waals surface area contributed by atoms with Crippen LogP contribution >= 0.6 is 0 Å². The summed E-state index contributed by atoms with van der Waals surface area (Å²) in [6.45, 7) is 2.23. The van der Waals surface area contributed by atoms with E-state index in [-0.39, 0.29) is 11.7 Å². The molecule has 19 heavy (non-hydrogen) atoms.